The van der Waals surface area contributed by atoms with E-state index in [0.717, 1.165) is 31.0 Å². The van der Waals surface area contributed by atoms with Gasteiger partial charge >= 0.3 is 0 Å². The van der Waals surface area contributed by atoms with E-state index in [1.165, 1.54) is 33.7 Å². The average molecular weight is 419 g/mol. The van der Waals surface area contributed by atoms with Gasteiger partial charge in [-0.25, -0.2) is 4.98 Å². The average Bonchev–Trinajstić information content (AvgIpc) is 3.14. The molecule has 0 saturated carbocycles. The van der Waals surface area contributed by atoms with Gasteiger partial charge < -0.3 is 9.88 Å². The summed E-state index contributed by atoms with van der Waals surface area (Å²) in [6, 6.07) is 10.7. The molecule has 5 rings (SSSR count). The zero-order chi connectivity index (χ0) is 20.7. The highest BCUT2D eigenvalue weighted by atomic mass is 35.5. The van der Waals surface area contributed by atoms with Crippen molar-refractivity contribution in [3.63, 3.8) is 0 Å². The Bertz CT molecular complexity index is 1090. The lowest BCUT2D eigenvalue weighted by atomic mass is 9.76. The molecule has 3 aromatic rings. The summed E-state index contributed by atoms with van der Waals surface area (Å²) in [6.45, 7) is 4.39. The van der Waals surface area contributed by atoms with Gasteiger partial charge in [-0.3, -0.25) is 4.98 Å². The van der Waals surface area contributed by atoms with Crippen molar-refractivity contribution in [2.75, 3.05) is 13.1 Å². The molecule has 154 valence electrons. The normalized spacial score (nSPS) is 20.1. The Morgan fingerprint density at radius 2 is 2.03 bits per heavy atom. The number of imidazole rings is 1. The number of halogens is 1. The Morgan fingerprint density at radius 3 is 2.80 bits per heavy atom. The third-order valence-corrected chi connectivity index (χ3v) is 6.99. The van der Waals surface area contributed by atoms with Crippen LogP contribution < -0.4 is 5.32 Å². The summed E-state index contributed by atoms with van der Waals surface area (Å²) in [5.74, 6) is 1.04. The van der Waals surface area contributed by atoms with Gasteiger partial charge in [-0.15, -0.1) is 0 Å². The fraction of sp³-hybridized carbons (Fsp3) is 0.360. The maximum atomic E-state index is 6.53. The van der Waals surface area contributed by atoms with Gasteiger partial charge in [0.15, 0.2) is 0 Å². The van der Waals surface area contributed by atoms with E-state index in [4.69, 9.17) is 16.6 Å². The number of hydrogen-bond acceptors (Lipinski definition) is 3. The van der Waals surface area contributed by atoms with Crippen molar-refractivity contribution in [2.24, 2.45) is 13.0 Å². The van der Waals surface area contributed by atoms with Crippen molar-refractivity contribution in [3.8, 4) is 0 Å². The molecule has 2 aliphatic rings. The molecule has 1 aliphatic heterocycles. The third kappa shape index (κ3) is 3.38. The first kappa shape index (κ1) is 19.5. The number of benzene rings is 1. The second-order valence-corrected chi connectivity index (χ2v) is 8.96. The van der Waals surface area contributed by atoms with E-state index >= 15 is 0 Å². The predicted octanol–water partition coefficient (Wildman–Crippen LogP) is 5.26. The molecule has 1 aromatic carbocycles. The fourth-order valence-corrected chi connectivity index (χ4v) is 5.38. The van der Waals surface area contributed by atoms with Crippen LogP contribution in [0.4, 0.5) is 0 Å². The molecule has 4 nitrogen and oxygen atoms in total. The molecule has 0 radical (unpaired) electrons. The molecule has 0 spiro atoms. The Balaban J connectivity index is 1.73. The fourth-order valence-electron chi connectivity index (χ4n) is 5.21. The van der Waals surface area contributed by atoms with Crippen LogP contribution in [0, 0.1) is 5.92 Å². The standard InChI is InChI=1S/C25H27ClN4/c1-16(23-14-28-15-30(23)2)21-12-18-4-3-9-29-25(18)24(17-7-10-27-11-8-17)20-6-5-19(26)13-22(20)21/h3-6,9,12-17,24,27H,7-8,10-11H2,1-2H3/t16?,24-/m0/s1. The van der Waals surface area contributed by atoms with Crippen molar-refractivity contribution < 1.29 is 0 Å². The number of nitrogens with one attached hydrogen (secondary N) is 1. The highest BCUT2D eigenvalue weighted by Crippen LogP contribution is 2.47. The quantitative estimate of drug-likeness (QED) is 0.631. The summed E-state index contributed by atoms with van der Waals surface area (Å²) in [5, 5.41) is 4.29. The molecule has 1 N–H and O–H groups in total. The van der Waals surface area contributed by atoms with Gasteiger partial charge in [0.2, 0.25) is 0 Å². The number of rotatable bonds is 3. The molecular formula is C25H27ClN4. The highest BCUT2D eigenvalue weighted by Gasteiger charge is 2.34. The molecule has 1 unspecified atom stereocenters. The first-order valence-electron chi connectivity index (χ1n) is 10.8. The van der Waals surface area contributed by atoms with E-state index < -0.39 is 0 Å². The Morgan fingerprint density at radius 1 is 1.20 bits per heavy atom. The van der Waals surface area contributed by atoms with E-state index in [1.807, 2.05) is 30.9 Å². The number of hydrogen-bond donors (Lipinski definition) is 1. The molecule has 1 fully saturated rings. The topological polar surface area (TPSA) is 42.7 Å². The van der Waals surface area contributed by atoms with Crippen molar-refractivity contribution in [1.82, 2.24) is 19.9 Å². The van der Waals surface area contributed by atoms with Gasteiger partial charge in [0.05, 0.1) is 12.0 Å². The minimum Gasteiger partial charge on any atom is -0.337 e. The molecular weight excluding hydrogens is 392 g/mol. The van der Waals surface area contributed by atoms with Crippen LogP contribution in [0.5, 0.6) is 0 Å². The zero-order valence-corrected chi connectivity index (χ0v) is 18.2. The maximum Gasteiger partial charge on any atom is 0.0945 e. The molecule has 1 aliphatic carbocycles. The van der Waals surface area contributed by atoms with E-state index in [2.05, 4.69) is 53.1 Å². The van der Waals surface area contributed by atoms with E-state index in [-0.39, 0.29) is 11.8 Å². The number of aryl methyl sites for hydroxylation is 1. The number of nitrogens with zero attached hydrogens (tertiary/aromatic N) is 3. The smallest absolute Gasteiger partial charge is 0.0945 e. The molecule has 3 heterocycles. The summed E-state index contributed by atoms with van der Waals surface area (Å²) >= 11 is 6.53. The minimum atomic E-state index is 0.189. The molecule has 0 bridgehead atoms. The molecule has 1 saturated heterocycles. The molecule has 0 amide bonds. The van der Waals surface area contributed by atoms with Crippen LogP contribution in [0.2, 0.25) is 5.02 Å². The molecule has 5 heteroatoms. The van der Waals surface area contributed by atoms with E-state index in [9.17, 15) is 0 Å². The lowest BCUT2D eigenvalue weighted by Crippen LogP contribution is -2.32. The summed E-state index contributed by atoms with van der Waals surface area (Å²) in [5.41, 5.74) is 7.49. The largest absolute Gasteiger partial charge is 0.337 e. The van der Waals surface area contributed by atoms with Gasteiger partial charge in [-0.05, 0) is 78.4 Å². The number of allylic oxidation sites excluding steroid dienone is 1. The van der Waals surface area contributed by atoms with Crippen molar-refractivity contribution in [2.45, 2.75) is 31.6 Å². The molecule has 30 heavy (non-hydrogen) atoms. The zero-order valence-electron chi connectivity index (χ0n) is 17.5. The lowest BCUT2D eigenvalue weighted by Gasteiger charge is -2.32. The first-order chi connectivity index (χ1) is 14.6. The third-order valence-electron chi connectivity index (χ3n) is 6.76. The van der Waals surface area contributed by atoms with Crippen LogP contribution in [0.1, 0.15) is 59.7 Å². The number of pyridine rings is 1. The Hall–Kier alpha value is -2.43. The van der Waals surface area contributed by atoms with Gasteiger partial charge in [-0.1, -0.05) is 30.7 Å². The second-order valence-electron chi connectivity index (χ2n) is 8.53. The van der Waals surface area contributed by atoms with E-state index in [0.29, 0.717) is 5.92 Å². The van der Waals surface area contributed by atoms with E-state index in [1.54, 1.807) is 0 Å². The minimum absolute atomic E-state index is 0.189. The number of aromatic nitrogens is 3. The highest BCUT2D eigenvalue weighted by molar-refractivity contribution is 6.30. The lowest BCUT2D eigenvalue weighted by molar-refractivity contribution is 0.339. The van der Waals surface area contributed by atoms with Gasteiger partial charge in [0.1, 0.15) is 0 Å². The summed E-state index contributed by atoms with van der Waals surface area (Å²) in [4.78, 5) is 9.27. The monoisotopic (exact) mass is 418 g/mol. The SMILES string of the molecule is CC(C1=Cc2cccnc2[C@@H](C2CCNCC2)c2ccc(Cl)cc21)c1cncn1C. The van der Waals surface area contributed by atoms with Crippen LogP contribution in [0.15, 0.2) is 49.1 Å². The van der Waals surface area contributed by atoms with Gasteiger partial charge in [0.25, 0.3) is 0 Å². The summed E-state index contributed by atoms with van der Waals surface area (Å²) in [6.07, 6.45) is 10.4. The van der Waals surface area contributed by atoms with Crippen LogP contribution in [-0.2, 0) is 7.05 Å². The Labute approximate surface area is 183 Å². The summed E-state index contributed by atoms with van der Waals surface area (Å²) < 4.78 is 2.11. The van der Waals surface area contributed by atoms with Gasteiger partial charge in [0, 0.05) is 42.0 Å². The van der Waals surface area contributed by atoms with Crippen LogP contribution in [0.3, 0.4) is 0 Å². The van der Waals surface area contributed by atoms with Crippen LogP contribution in [-0.4, -0.2) is 27.6 Å². The predicted molar refractivity (Wildman–Crippen MR) is 123 cm³/mol. The Kier molecular flexibility index (Phi) is 5.21. The van der Waals surface area contributed by atoms with Crippen molar-refractivity contribution in [1.29, 1.82) is 0 Å². The molecule has 2 aromatic heterocycles. The van der Waals surface area contributed by atoms with Crippen LogP contribution in [0.25, 0.3) is 11.6 Å². The van der Waals surface area contributed by atoms with Crippen LogP contribution >= 0.6 is 11.6 Å². The van der Waals surface area contributed by atoms with Crippen molar-refractivity contribution in [3.05, 3.63) is 82.2 Å². The maximum absolute atomic E-state index is 6.53. The summed E-state index contributed by atoms with van der Waals surface area (Å²) in [7, 11) is 2.06. The second kappa shape index (κ2) is 8.01. The number of fused-ring (bicyclic) bond motifs is 2. The molecule has 2 atom stereocenters. The van der Waals surface area contributed by atoms with Gasteiger partial charge in [-0.2, -0.15) is 0 Å². The van der Waals surface area contributed by atoms with Crippen molar-refractivity contribution >= 4 is 23.3 Å². The number of piperidine rings is 1. The first-order valence-corrected chi connectivity index (χ1v) is 11.1.